The summed E-state index contributed by atoms with van der Waals surface area (Å²) in [6, 6.07) is 10.3. The zero-order valence-corrected chi connectivity index (χ0v) is 15.1. The summed E-state index contributed by atoms with van der Waals surface area (Å²) in [5.74, 6) is 1.42. The van der Waals surface area contributed by atoms with Crippen molar-refractivity contribution in [2.45, 2.75) is 12.8 Å². The van der Waals surface area contributed by atoms with E-state index in [2.05, 4.69) is 15.9 Å². The number of carbonyl (C=O) groups is 1. The van der Waals surface area contributed by atoms with Gasteiger partial charge in [0.15, 0.2) is 11.5 Å². The van der Waals surface area contributed by atoms with Gasteiger partial charge in [-0.25, -0.2) is 0 Å². The number of aryl methyl sites for hydroxylation is 1. The Morgan fingerprint density at radius 1 is 1.09 bits per heavy atom. The lowest BCUT2D eigenvalue weighted by molar-refractivity contribution is -0.134. The Kier molecular flexibility index (Phi) is 6.30. The van der Waals surface area contributed by atoms with Crippen molar-refractivity contribution in [1.29, 1.82) is 0 Å². The summed E-state index contributed by atoms with van der Waals surface area (Å²) in [6.45, 7) is 0. The van der Waals surface area contributed by atoms with Crippen molar-refractivity contribution in [3.8, 4) is 17.2 Å². The molecule has 2 aromatic rings. The molecule has 0 atom stereocenters. The Morgan fingerprint density at radius 2 is 1.70 bits per heavy atom. The molecule has 0 N–H and O–H groups in total. The predicted octanol–water partition coefficient (Wildman–Crippen LogP) is 4.66. The molecular formula is C17H16BrClO4. The lowest BCUT2D eigenvalue weighted by atomic mass is 10.1. The molecule has 2 aromatic carbocycles. The van der Waals surface area contributed by atoms with Crippen LogP contribution in [0, 0.1) is 0 Å². The fourth-order valence-corrected chi connectivity index (χ4v) is 2.66. The molecule has 0 aliphatic rings. The average molecular weight is 400 g/mol. The van der Waals surface area contributed by atoms with Crippen molar-refractivity contribution in [3.63, 3.8) is 0 Å². The molecule has 122 valence electrons. The monoisotopic (exact) mass is 398 g/mol. The quantitative estimate of drug-likeness (QED) is 0.523. The van der Waals surface area contributed by atoms with Crippen LogP contribution in [0.15, 0.2) is 40.9 Å². The predicted molar refractivity (Wildman–Crippen MR) is 92.7 cm³/mol. The van der Waals surface area contributed by atoms with Gasteiger partial charge in [0.05, 0.1) is 20.6 Å². The third kappa shape index (κ3) is 4.88. The first-order valence-electron chi connectivity index (χ1n) is 6.90. The van der Waals surface area contributed by atoms with Gasteiger partial charge in [-0.3, -0.25) is 4.79 Å². The van der Waals surface area contributed by atoms with E-state index in [0.717, 1.165) is 10.0 Å². The number of rotatable bonds is 6. The van der Waals surface area contributed by atoms with Crippen LogP contribution in [0.3, 0.4) is 0 Å². The van der Waals surface area contributed by atoms with Crippen LogP contribution in [0.4, 0.5) is 0 Å². The Morgan fingerprint density at radius 3 is 2.30 bits per heavy atom. The van der Waals surface area contributed by atoms with Crippen molar-refractivity contribution in [3.05, 3.63) is 51.5 Å². The van der Waals surface area contributed by atoms with Crippen molar-refractivity contribution in [2.75, 3.05) is 14.2 Å². The van der Waals surface area contributed by atoms with E-state index in [1.165, 1.54) is 0 Å². The lowest BCUT2D eigenvalue weighted by Gasteiger charge is -2.11. The van der Waals surface area contributed by atoms with Gasteiger partial charge in [0, 0.05) is 9.50 Å². The van der Waals surface area contributed by atoms with E-state index in [-0.39, 0.29) is 12.4 Å². The zero-order chi connectivity index (χ0) is 16.8. The molecule has 0 saturated carbocycles. The minimum absolute atomic E-state index is 0.247. The van der Waals surface area contributed by atoms with Gasteiger partial charge in [0.1, 0.15) is 5.75 Å². The average Bonchev–Trinajstić information content (AvgIpc) is 2.55. The Bertz CT molecular complexity index is 686. The first-order chi connectivity index (χ1) is 11.0. The van der Waals surface area contributed by atoms with Crippen LogP contribution in [0.1, 0.15) is 12.0 Å². The summed E-state index contributed by atoms with van der Waals surface area (Å²) in [5.41, 5.74) is 0.940. The van der Waals surface area contributed by atoms with Gasteiger partial charge in [0.25, 0.3) is 0 Å². The third-order valence-corrected chi connectivity index (χ3v) is 4.19. The van der Waals surface area contributed by atoms with Gasteiger partial charge in [-0.05, 0) is 48.4 Å². The molecule has 0 bridgehead atoms. The Hall–Kier alpha value is -1.72. The molecule has 0 unspecified atom stereocenters. The van der Waals surface area contributed by atoms with E-state index in [1.54, 1.807) is 38.5 Å². The van der Waals surface area contributed by atoms with E-state index in [0.29, 0.717) is 28.7 Å². The number of halogens is 2. The van der Waals surface area contributed by atoms with Crippen LogP contribution in [0.2, 0.25) is 5.02 Å². The van der Waals surface area contributed by atoms with Crippen LogP contribution in [-0.2, 0) is 11.2 Å². The first kappa shape index (κ1) is 17.6. The van der Waals surface area contributed by atoms with Gasteiger partial charge in [-0.2, -0.15) is 0 Å². The molecule has 4 nitrogen and oxygen atoms in total. The van der Waals surface area contributed by atoms with Crippen LogP contribution >= 0.6 is 27.5 Å². The first-order valence-corrected chi connectivity index (χ1v) is 8.07. The molecule has 0 saturated heterocycles. The molecule has 6 heteroatoms. The maximum atomic E-state index is 11.9. The van der Waals surface area contributed by atoms with Crippen molar-refractivity contribution in [1.82, 2.24) is 0 Å². The highest BCUT2D eigenvalue weighted by molar-refractivity contribution is 9.10. The highest BCUT2D eigenvalue weighted by atomic mass is 79.9. The molecule has 0 heterocycles. The van der Waals surface area contributed by atoms with Crippen LogP contribution in [-0.4, -0.2) is 20.2 Å². The molecule has 0 aliphatic heterocycles. The van der Waals surface area contributed by atoms with E-state index >= 15 is 0 Å². The molecule has 0 aliphatic carbocycles. The smallest absolute Gasteiger partial charge is 0.311 e. The molecule has 0 radical (unpaired) electrons. The fourth-order valence-electron chi connectivity index (χ4n) is 2.01. The number of hydrogen-bond donors (Lipinski definition) is 0. The molecule has 2 rings (SSSR count). The second-order valence-electron chi connectivity index (χ2n) is 4.73. The molecule has 0 amide bonds. The second-order valence-corrected chi connectivity index (χ2v) is 6.02. The minimum atomic E-state index is -0.311. The third-order valence-electron chi connectivity index (χ3n) is 3.20. The van der Waals surface area contributed by atoms with Crippen LogP contribution < -0.4 is 14.2 Å². The molecule has 23 heavy (non-hydrogen) atoms. The molecule has 0 aromatic heterocycles. The van der Waals surface area contributed by atoms with Gasteiger partial charge in [-0.15, -0.1) is 0 Å². The zero-order valence-electron chi connectivity index (χ0n) is 12.8. The maximum absolute atomic E-state index is 11.9. The fraction of sp³-hybridized carbons (Fsp3) is 0.235. The SMILES string of the molecule is COc1cc(Br)c(CCC(=O)Oc2ccc(Cl)cc2)cc1OC. The topological polar surface area (TPSA) is 44.8 Å². The van der Waals surface area contributed by atoms with E-state index in [1.807, 2.05) is 12.1 Å². The standard InChI is InChI=1S/C17H16BrClO4/c1-21-15-9-11(14(18)10-16(15)22-2)3-8-17(20)23-13-6-4-12(19)5-7-13/h4-7,9-10H,3,8H2,1-2H3. The van der Waals surface area contributed by atoms with Gasteiger partial charge >= 0.3 is 5.97 Å². The van der Waals surface area contributed by atoms with E-state index < -0.39 is 0 Å². The normalized spacial score (nSPS) is 10.3. The van der Waals surface area contributed by atoms with Crippen LogP contribution in [0.5, 0.6) is 17.2 Å². The Balaban J connectivity index is 1.99. The van der Waals surface area contributed by atoms with Crippen LogP contribution in [0.25, 0.3) is 0 Å². The maximum Gasteiger partial charge on any atom is 0.311 e. The van der Waals surface area contributed by atoms with Crippen molar-refractivity contribution < 1.29 is 19.0 Å². The van der Waals surface area contributed by atoms with Crippen molar-refractivity contribution >= 4 is 33.5 Å². The van der Waals surface area contributed by atoms with Gasteiger partial charge in [0.2, 0.25) is 0 Å². The van der Waals surface area contributed by atoms with Gasteiger partial charge < -0.3 is 14.2 Å². The summed E-state index contributed by atoms with van der Waals surface area (Å²) in [6.07, 6.45) is 0.768. The number of ether oxygens (including phenoxy) is 3. The number of carbonyl (C=O) groups excluding carboxylic acids is 1. The highest BCUT2D eigenvalue weighted by Crippen LogP contribution is 2.33. The summed E-state index contributed by atoms with van der Waals surface area (Å²) in [4.78, 5) is 11.9. The van der Waals surface area contributed by atoms with E-state index in [9.17, 15) is 4.79 Å². The highest BCUT2D eigenvalue weighted by Gasteiger charge is 2.12. The number of benzene rings is 2. The summed E-state index contributed by atoms with van der Waals surface area (Å²) in [7, 11) is 3.15. The van der Waals surface area contributed by atoms with E-state index in [4.69, 9.17) is 25.8 Å². The summed E-state index contributed by atoms with van der Waals surface area (Å²) < 4.78 is 16.6. The minimum Gasteiger partial charge on any atom is -0.493 e. The van der Waals surface area contributed by atoms with Crippen molar-refractivity contribution in [2.24, 2.45) is 0 Å². The molecular weight excluding hydrogens is 384 g/mol. The second kappa shape index (κ2) is 8.22. The number of hydrogen-bond acceptors (Lipinski definition) is 4. The summed E-state index contributed by atoms with van der Waals surface area (Å²) in [5, 5.41) is 0.596. The number of methoxy groups -OCH3 is 2. The molecule has 0 spiro atoms. The largest absolute Gasteiger partial charge is 0.493 e. The Labute approximate surface area is 148 Å². The lowest BCUT2D eigenvalue weighted by Crippen LogP contribution is -2.09. The van der Waals surface area contributed by atoms with Gasteiger partial charge in [-0.1, -0.05) is 27.5 Å². The molecule has 0 fully saturated rings. The summed E-state index contributed by atoms with van der Waals surface area (Å²) >= 11 is 9.27. The number of esters is 1.